The van der Waals surface area contributed by atoms with Crippen molar-refractivity contribution in [2.75, 3.05) is 53.7 Å². The Morgan fingerprint density at radius 3 is 2.34 bits per heavy atom. The molecule has 0 radical (unpaired) electrons. The first-order valence-electron chi connectivity index (χ1n) is 12.9. The second-order valence-electron chi connectivity index (χ2n) is 8.50. The minimum absolute atomic E-state index is 0.00266. The van der Waals surface area contributed by atoms with Gasteiger partial charge in [0.05, 0.1) is 40.3 Å². The van der Waals surface area contributed by atoms with Crippen molar-refractivity contribution < 1.29 is 33.3 Å². The Bertz CT molecular complexity index is 997. The molecule has 0 unspecified atom stereocenters. The summed E-state index contributed by atoms with van der Waals surface area (Å²) in [5.74, 6) is 0.454. The van der Waals surface area contributed by atoms with E-state index >= 15 is 0 Å². The molecule has 210 valence electrons. The van der Waals surface area contributed by atoms with Gasteiger partial charge in [0, 0.05) is 37.6 Å². The van der Waals surface area contributed by atoms with Crippen molar-refractivity contribution in [3.05, 3.63) is 46.2 Å². The maximum Gasteiger partial charge on any atom is 0.306 e. The van der Waals surface area contributed by atoms with Gasteiger partial charge in [0.25, 0.3) is 0 Å². The summed E-state index contributed by atoms with van der Waals surface area (Å²) in [6.45, 7) is 6.20. The number of hydrogen-bond acceptors (Lipinski definition) is 8. The van der Waals surface area contributed by atoms with Crippen LogP contribution in [0.5, 0.6) is 11.5 Å². The Balaban J connectivity index is 2.12. The molecule has 1 heterocycles. The van der Waals surface area contributed by atoms with Gasteiger partial charge in [0.2, 0.25) is 11.8 Å². The smallest absolute Gasteiger partial charge is 0.306 e. The summed E-state index contributed by atoms with van der Waals surface area (Å²) >= 11 is 1.58. The van der Waals surface area contributed by atoms with E-state index in [2.05, 4.69) is 0 Å². The number of thiophene rings is 1. The van der Waals surface area contributed by atoms with Gasteiger partial charge >= 0.3 is 5.97 Å². The highest BCUT2D eigenvalue weighted by molar-refractivity contribution is 7.09. The van der Waals surface area contributed by atoms with Gasteiger partial charge in [-0.3, -0.25) is 14.4 Å². The zero-order valence-corrected chi connectivity index (χ0v) is 23.7. The van der Waals surface area contributed by atoms with E-state index in [0.717, 1.165) is 10.4 Å². The van der Waals surface area contributed by atoms with E-state index in [1.165, 1.54) is 4.90 Å². The summed E-state index contributed by atoms with van der Waals surface area (Å²) in [7, 11) is 3.18. The summed E-state index contributed by atoms with van der Waals surface area (Å²) < 4.78 is 21.1. The molecule has 0 bridgehead atoms. The average Bonchev–Trinajstić information content (AvgIpc) is 3.44. The zero-order chi connectivity index (χ0) is 27.8. The predicted octanol–water partition coefficient (Wildman–Crippen LogP) is 3.94. The van der Waals surface area contributed by atoms with E-state index in [4.69, 9.17) is 18.9 Å². The van der Waals surface area contributed by atoms with Gasteiger partial charge in [-0.15, -0.1) is 11.3 Å². The van der Waals surface area contributed by atoms with E-state index in [9.17, 15) is 14.4 Å². The van der Waals surface area contributed by atoms with Crippen LogP contribution in [0, 0.1) is 0 Å². The van der Waals surface area contributed by atoms with Crippen molar-refractivity contribution in [2.24, 2.45) is 0 Å². The highest BCUT2D eigenvalue weighted by Crippen LogP contribution is 2.28. The van der Waals surface area contributed by atoms with Gasteiger partial charge in [-0.05, 0) is 55.8 Å². The molecule has 0 atom stereocenters. The first kappa shape index (κ1) is 31.1. The fourth-order valence-corrected chi connectivity index (χ4v) is 4.56. The summed E-state index contributed by atoms with van der Waals surface area (Å²) in [4.78, 5) is 42.6. The highest BCUT2D eigenvalue weighted by atomic mass is 32.1. The quantitative estimate of drug-likeness (QED) is 0.206. The molecule has 0 aliphatic heterocycles. The standard InChI is InChI=1S/C28H40N2O7S/c1-5-36-17-8-15-29(26(31)12-13-28(33)37-6-2)21-27(32)30(20-23-9-7-18-38-23)16-14-22-10-11-24(34-3)25(19-22)35-4/h7,9-11,18-19H,5-6,8,12-17,20-21H2,1-4H3. The van der Waals surface area contributed by atoms with Crippen molar-refractivity contribution in [3.8, 4) is 11.5 Å². The van der Waals surface area contributed by atoms with Crippen molar-refractivity contribution >= 4 is 29.1 Å². The number of carbonyl (C=O) groups excluding carboxylic acids is 3. The van der Waals surface area contributed by atoms with Crippen LogP contribution in [-0.4, -0.2) is 81.3 Å². The normalized spacial score (nSPS) is 10.6. The lowest BCUT2D eigenvalue weighted by Gasteiger charge is -2.28. The third-order valence-electron chi connectivity index (χ3n) is 5.85. The molecule has 0 saturated carbocycles. The molecule has 1 aromatic carbocycles. The van der Waals surface area contributed by atoms with Gasteiger partial charge < -0.3 is 28.7 Å². The Morgan fingerprint density at radius 1 is 0.895 bits per heavy atom. The minimum Gasteiger partial charge on any atom is -0.493 e. The minimum atomic E-state index is -0.421. The molecule has 2 rings (SSSR count). The topological polar surface area (TPSA) is 94.6 Å². The Hall–Kier alpha value is -3.11. The van der Waals surface area contributed by atoms with Crippen LogP contribution in [0.2, 0.25) is 0 Å². The molecule has 0 N–H and O–H groups in total. The molecular formula is C28H40N2O7S. The lowest BCUT2D eigenvalue weighted by atomic mass is 10.1. The van der Waals surface area contributed by atoms with Crippen molar-refractivity contribution in [3.63, 3.8) is 0 Å². The van der Waals surface area contributed by atoms with E-state index < -0.39 is 5.97 Å². The number of esters is 1. The molecule has 2 aromatic rings. The Morgan fingerprint density at radius 2 is 1.68 bits per heavy atom. The molecule has 0 saturated heterocycles. The van der Waals surface area contributed by atoms with Crippen LogP contribution < -0.4 is 9.47 Å². The maximum absolute atomic E-state index is 13.5. The largest absolute Gasteiger partial charge is 0.493 e. The predicted molar refractivity (Wildman–Crippen MR) is 147 cm³/mol. The van der Waals surface area contributed by atoms with Gasteiger partial charge in [0.1, 0.15) is 0 Å². The number of benzene rings is 1. The van der Waals surface area contributed by atoms with E-state index in [1.54, 1.807) is 37.4 Å². The molecule has 9 nitrogen and oxygen atoms in total. The lowest BCUT2D eigenvalue weighted by molar-refractivity contribution is -0.146. The van der Waals surface area contributed by atoms with Crippen LogP contribution >= 0.6 is 11.3 Å². The fraction of sp³-hybridized carbons (Fsp3) is 0.536. The lowest BCUT2D eigenvalue weighted by Crippen LogP contribution is -2.44. The van der Waals surface area contributed by atoms with Crippen molar-refractivity contribution in [1.29, 1.82) is 0 Å². The maximum atomic E-state index is 13.5. The number of rotatable bonds is 18. The monoisotopic (exact) mass is 548 g/mol. The summed E-state index contributed by atoms with van der Waals surface area (Å²) in [6.07, 6.45) is 1.19. The summed E-state index contributed by atoms with van der Waals surface area (Å²) in [6, 6.07) is 9.66. The number of ether oxygens (including phenoxy) is 4. The van der Waals surface area contributed by atoms with E-state index in [1.807, 2.05) is 42.6 Å². The summed E-state index contributed by atoms with van der Waals surface area (Å²) in [5.41, 5.74) is 1.01. The summed E-state index contributed by atoms with van der Waals surface area (Å²) in [5, 5.41) is 1.98. The van der Waals surface area contributed by atoms with Crippen molar-refractivity contribution in [1.82, 2.24) is 9.80 Å². The first-order valence-corrected chi connectivity index (χ1v) is 13.8. The molecule has 0 aliphatic rings. The van der Waals surface area contributed by atoms with Crippen LogP contribution in [0.4, 0.5) is 0 Å². The number of methoxy groups -OCH3 is 2. The van der Waals surface area contributed by atoms with E-state index in [-0.39, 0.29) is 37.8 Å². The number of amides is 2. The number of carbonyl (C=O) groups is 3. The van der Waals surface area contributed by atoms with Crippen LogP contribution in [-0.2, 0) is 36.8 Å². The molecular weight excluding hydrogens is 508 g/mol. The molecule has 38 heavy (non-hydrogen) atoms. The second kappa shape index (κ2) is 17.4. The van der Waals surface area contributed by atoms with Crippen LogP contribution in [0.15, 0.2) is 35.7 Å². The van der Waals surface area contributed by atoms with Gasteiger partial charge in [-0.1, -0.05) is 12.1 Å². The fourth-order valence-electron chi connectivity index (χ4n) is 3.84. The number of hydrogen-bond donors (Lipinski definition) is 0. The second-order valence-corrected chi connectivity index (χ2v) is 9.54. The van der Waals surface area contributed by atoms with Gasteiger partial charge in [0.15, 0.2) is 11.5 Å². The molecule has 10 heteroatoms. The van der Waals surface area contributed by atoms with E-state index in [0.29, 0.717) is 57.2 Å². The van der Waals surface area contributed by atoms with Crippen molar-refractivity contribution in [2.45, 2.75) is 46.1 Å². The molecule has 0 spiro atoms. The molecule has 1 aromatic heterocycles. The number of nitrogens with zero attached hydrogens (tertiary/aromatic N) is 2. The van der Waals surface area contributed by atoms with Gasteiger partial charge in [-0.2, -0.15) is 0 Å². The molecule has 0 fully saturated rings. The third-order valence-corrected chi connectivity index (χ3v) is 6.71. The average molecular weight is 549 g/mol. The molecule has 0 aliphatic carbocycles. The van der Waals surface area contributed by atoms with Crippen LogP contribution in [0.25, 0.3) is 0 Å². The Kier molecular flexibility index (Phi) is 14.3. The van der Waals surface area contributed by atoms with Gasteiger partial charge in [-0.25, -0.2) is 0 Å². The molecule has 2 amide bonds. The Labute approximate surface area is 229 Å². The van der Waals surface area contributed by atoms with Crippen LogP contribution in [0.1, 0.15) is 43.6 Å². The first-order chi connectivity index (χ1) is 18.4. The SMILES string of the molecule is CCOCCCN(CC(=O)N(CCc1ccc(OC)c(OC)c1)Cc1cccs1)C(=O)CCC(=O)OCC. The zero-order valence-electron chi connectivity index (χ0n) is 22.9. The highest BCUT2D eigenvalue weighted by Gasteiger charge is 2.22. The van der Waals surface area contributed by atoms with Crippen LogP contribution in [0.3, 0.4) is 0 Å². The third kappa shape index (κ3) is 10.7.